The smallest absolute Gasteiger partial charge is 0.120 e. The molecule has 1 heterocycles. The van der Waals surface area contributed by atoms with Gasteiger partial charge in [-0.2, -0.15) is 5.10 Å². The number of hydrogen-bond acceptors (Lipinski definition) is 3. The lowest BCUT2D eigenvalue weighted by molar-refractivity contribution is 0.469. The zero-order valence-corrected chi connectivity index (χ0v) is 11.3. The Labute approximate surface area is 113 Å². The van der Waals surface area contributed by atoms with E-state index in [2.05, 4.69) is 24.3 Å². The summed E-state index contributed by atoms with van der Waals surface area (Å²) in [6, 6.07) is 7.67. The Morgan fingerprint density at radius 3 is 2.67 bits per heavy atom. The molecular weight excluding hydrogens is 250 g/mol. The number of nitrogens with zero attached hydrogens (tertiary/aromatic N) is 2. The molecule has 1 aromatic carbocycles. The third-order valence-electron chi connectivity index (χ3n) is 2.61. The van der Waals surface area contributed by atoms with Crippen LogP contribution in [0.3, 0.4) is 0 Å². The van der Waals surface area contributed by atoms with Gasteiger partial charge in [-0.15, -0.1) is 12.4 Å². The van der Waals surface area contributed by atoms with Crippen LogP contribution in [0, 0.1) is 0 Å². The summed E-state index contributed by atoms with van der Waals surface area (Å²) >= 11 is 0. The van der Waals surface area contributed by atoms with Gasteiger partial charge in [0.05, 0.1) is 11.9 Å². The van der Waals surface area contributed by atoms with Gasteiger partial charge in [0.15, 0.2) is 0 Å². The number of hydrogen-bond donors (Lipinski definition) is 2. The third-order valence-corrected chi connectivity index (χ3v) is 2.61. The molecule has 4 nitrogen and oxygen atoms in total. The van der Waals surface area contributed by atoms with Crippen molar-refractivity contribution >= 4 is 18.1 Å². The van der Waals surface area contributed by atoms with Gasteiger partial charge >= 0.3 is 0 Å². The van der Waals surface area contributed by atoms with Crippen LogP contribution in [0.4, 0.5) is 5.69 Å². The van der Waals surface area contributed by atoms with Crippen LogP contribution in [0.25, 0.3) is 0 Å². The standard InChI is InChI=1S/C13H17N3O.ClH/c1-10(2)16-9-12(8-15-16)14-7-11-5-3-4-6-13(11)17;/h3-6,8-10,14,17H,7H2,1-2H3;1H. The summed E-state index contributed by atoms with van der Waals surface area (Å²) in [5.74, 6) is 0.316. The monoisotopic (exact) mass is 267 g/mol. The summed E-state index contributed by atoms with van der Waals surface area (Å²) in [6.45, 7) is 4.76. The molecular formula is C13H18ClN3O. The lowest BCUT2D eigenvalue weighted by Gasteiger charge is -2.06. The molecule has 98 valence electrons. The van der Waals surface area contributed by atoms with Crippen molar-refractivity contribution in [3.05, 3.63) is 42.2 Å². The van der Waals surface area contributed by atoms with Crippen molar-refractivity contribution in [2.75, 3.05) is 5.32 Å². The molecule has 0 atom stereocenters. The van der Waals surface area contributed by atoms with Gasteiger partial charge in [0.25, 0.3) is 0 Å². The van der Waals surface area contributed by atoms with E-state index in [4.69, 9.17) is 0 Å². The normalized spacial score (nSPS) is 10.2. The molecule has 18 heavy (non-hydrogen) atoms. The second-order valence-electron chi connectivity index (χ2n) is 4.29. The fourth-order valence-electron chi connectivity index (χ4n) is 1.57. The Morgan fingerprint density at radius 1 is 1.33 bits per heavy atom. The van der Waals surface area contributed by atoms with Crippen LogP contribution in [0.15, 0.2) is 36.7 Å². The highest BCUT2D eigenvalue weighted by molar-refractivity contribution is 5.85. The van der Waals surface area contributed by atoms with Crippen LogP contribution in [-0.2, 0) is 6.54 Å². The predicted molar refractivity (Wildman–Crippen MR) is 75.3 cm³/mol. The van der Waals surface area contributed by atoms with Gasteiger partial charge in [-0.1, -0.05) is 18.2 Å². The molecule has 0 unspecified atom stereocenters. The number of para-hydroxylation sites is 1. The maximum Gasteiger partial charge on any atom is 0.120 e. The molecule has 2 rings (SSSR count). The predicted octanol–water partition coefficient (Wildman–Crippen LogP) is 3.20. The van der Waals surface area contributed by atoms with E-state index in [-0.39, 0.29) is 12.4 Å². The first kappa shape index (κ1) is 14.4. The largest absolute Gasteiger partial charge is 0.508 e. The van der Waals surface area contributed by atoms with E-state index in [1.54, 1.807) is 12.3 Å². The summed E-state index contributed by atoms with van der Waals surface area (Å²) < 4.78 is 1.90. The zero-order valence-electron chi connectivity index (χ0n) is 10.5. The Kier molecular flexibility index (Phi) is 5.04. The molecule has 0 radical (unpaired) electrons. The van der Waals surface area contributed by atoms with E-state index in [0.717, 1.165) is 11.3 Å². The van der Waals surface area contributed by atoms with Crippen LogP contribution in [0.1, 0.15) is 25.5 Å². The van der Waals surface area contributed by atoms with Crippen molar-refractivity contribution in [2.24, 2.45) is 0 Å². The maximum atomic E-state index is 9.62. The molecule has 2 N–H and O–H groups in total. The van der Waals surface area contributed by atoms with E-state index in [0.29, 0.717) is 18.3 Å². The summed E-state index contributed by atoms with van der Waals surface area (Å²) in [7, 11) is 0. The van der Waals surface area contributed by atoms with Gasteiger partial charge in [-0.25, -0.2) is 0 Å². The molecule has 0 aliphatic heterocycles. The fraction of sp³-hybridized carbons (Fsp3) is 0.308. The van der Waals surface area contributed by atoms with Crippen molar-refractivity contribution in [3.63, 3.8) is 0 Å². The SMILES string of the molecule is CC(C)n1cc(NCc2ccccc2O)cn1.Cl. The summed E-state index contributed by atoms with van der Waals surface area (Å²) in [5, 5.41) is 17.1. The second-order valence-corrected chi connectivity index (χ2v) is 4.29. The first-order valence-electron chi connectivity index (χ1n) is 5.71. The molecule has 0 aliphatic rings. The van der Waals surface area contributed by atoms with Crippen LogP contribution >= 0.6 is 12.4 Å². The summed E-state index contributed by atoms with van der Waals surface area (Å²) in [4.78, 5) is 0. The second kappa shape index (κ2) is 6.31. The number of aromatic hydroxyl groups is 1. The number of phenolic OH excluding ortho intramolecular Hbond substituents is 1. The van der Waals surface area contributed by atoms with E-state index in [1.165, 1.54) is 0 Å². The number of aromatic nitrogens is 2. The molecule has 1 aromatic heterocycles. The lowest BCUT2D eigenvalue weighted by Crippen LogP contribution is -2.01. The highest BCUT2D eigenvalue weighted by Crippen LogP contribution is 2.17. The Bertz CT molecular complexity index is 496. The molecule has 0 bridgehead atoms. The van der Waals surface area contributed by atoms with Crippen LogP contribution in [0.2, 0.25) is 0 Å². The Morgan fingerprint density at radius 2 is 2.06 bits per heavy atom. The summed E-state index contributed by atoms with van der Waals surface area (Å²) in [5.41, 5.74) is 1.84. The van der Waals surface area contributed by atoms with Crippen molar-refractivity contribution in [1.29, 1.82) is 0 Å². The van der Waals surface area contributed by atoms with Crippen molar-refractivity contribution < 1.29 is 5.11 Å². The lowest BCUT2D eigenvalue weighted by atomic mass is 10.2. The van der Waals surface area contributed by atoms with E-state index in [1.807, 2.05) is 29.1 Å². The molecule has 0 aliphatic carbocycles. The molecule has 0 saturated carbocycles. The average molecular weight is 268 g/mol. The third kappa shape index (κ3) is 3.40. The number of phenols is 1. The number of nitrogens with one attached hydrogen (secondary N) is 1. The van der Waals surface area contributed by atoms with E-state index < -0.39 is 0 Å². The van der Waals surface area contributed by atoms with Crippen LogP contribution < -0.4 is 5.32 Å². The zero-order chi connectivity index (χ0) is 12.3. The van der Waals surface area contributed by atoms with Gasteiger partial charge in [0.1, 0.15) is 5.75 Å². The minimum absolute atomic E-state index is 0. The fourth-order valence-corrected chi connectivity index (χ4v) is 1.57. The average Bonchev–Trinajstić information content (AvgIpc) is 2.77. The van der Waals surface area contributed by atoms with Gasteiger partial charge in [-0.05, 0) is 19.9 Å². The van der Waals surface area contributed by atoms with Gasteiger partial charge in [-0.3, -0.25) is 4.68 Å². The Balaban J connectivity index is 0.00000162. The van der Waals surface area contributed by atoms with Gasteiger partial charge in [0.2, 0.25) is 0 Å². The van der Waals surface area contributed by atoms with Gasteiger partial charge in [0, 0.05) is 24.3 Å². The number of anilines is 1. The maximum absolute atomic E-state index is 9.62. The first-order valence-corrected chi connectivity index (χ1v) is 5.71. The summed E-state index contributed by atoms with van der Waals surface area (Å²) in [6.07, 6.45) is 3.75. The van der Waals surface area contributed by atoms with E-state index >= 15 is 0 Å². The molecule has 2 aromatic rings. The molecule has 0 fully saturated rings. The number of halogens is 1. The highest BCUT2D eigenvalue weighted by Gasteiger charge is 2.03. The minimum Gasteiger partial charge on any atom is -0.508 e. The highest BCUT2D eigenvalue weighted by atomic mass is 35.5. The van der Waals surface area contributed by atoms with Crippen molar-refractivity contribution in [1.82, 2.24) is 9.78 Å². The van der Waals surface area contributed by atoms with Crippen molar-refractivity contribution in [2.45, 2.75) is 26.4 Å². The van der Waals surface area contributed by atoms with Gasteiger partial charge < -0.3 is 10.4 Å². The molecule has 0 amide bonds. The topological polar surface area (TPSA) is 50.1 Å². The number of rotatable bonds is 4. The van der Waals surface area contributed by atoms with Crippen LogP contribution in [0.5, 0.6) is 5.75 Å². The van der Waals surface area contributed by atoms with Crippen molar-refractivity contribution in [3.8, 4) is 5.75 Å². The van der Waals surface area contributed by atoms with E-state index in [9.17, 15) is 5.11 Å². The quantitative estimate of drug-likeness (QED) is 0.894. The Hall–Kier alpha value is -1.68. The molecule has 5 heteroatoms. The van der Waals surface area contributed by atoms with Crippen LogP contribution in [-0.4, -0.2) is 14.9 Å². The number of benzene rings is 1. The first-order chi connectivity index (χ1) is 8.16. The minimum atomic E-state index is 0. The molecule has 0 spiro atoms. The molecule has 0 saturated heterocycles.